The molecular formula is C20H30N4O2. The molecule has 3 heterocycles. The summed E-state index contributed by atoms with van der Waals surface area (Å²) in [4.78, 5) is 9.41. The minimum atomic E-state index is 0.258. The number of morpholine rings is 1. The average Bonchev–Trinajstić information content (AvgIpc) is 3.33. The van der Waals surface area contributed by atoms with Crippen LogP contribution in [0.4, 0.5) is 0 Å². The Morgan fingerprint density at radius 2 is 2.08 bits per heavy atom. The fourth-order valence-electron chi connectivity index (χ4n) is 4.29. The van der Waals surface area contributed by atoms with Crippen molar-refractivity contribution in [3.05, 3.63) is 35.9 Å². The van der Waals surface area contributed by atoms with E-state index in [4.69, 9.17) is 9.47 Å². The number of hydrogen-bond donors (Lipinski definition) is 1. The molecule has 6 heteroatoms. The lowest BCUT2D eigenvalue weighted by Gasteiger charge is -2.36. The molecule has 1 aromatic carbocycles. The summed E-state index contributed by atoms with van der Waals surface area (Å²) in [6.45, 7) is 6.38. The van der Waals surface area contributed by atoms with Crippen molar-refractivity contribution < 1.29 is 9.47 Å². The van der Waals surface area contributed by atoms with Gasteiger partial charge in [-0.1, -0.05) is 30.3 Å². The second-order valence-electron chi connectivity index (χ2n) is 7.40. The summed E-state index contributed by atoms with van der Waals surface area (Å²) in [5.41, 5.74) is 1.37. The number of nitrogens with one attached hydrogen (secondary N) is 1. The third kappa shape index (κ3) is 4.03. The van der Waals surface area contributed by atoms with Crippen LogP contribution >= 0.6 is 0 Å². The average molecular weight is 358 g/mol. The van der Waals surface area contributed by atoms with Crippen LogP contribution in [0.5, 0.6) is 0 Å². The lowest BCUT2D eigenvalue weighted by atomic mass is 10.1. The van der Waals surface area contributed by atoms with E-state index in [2.05, 4.69) is 50.4 Å². The smallest absolute Gasteiger partial charge is 0.193 e. The molecule has 26 heavy (non-hydrogen) atoms. The summed E-state index contributed by atoms with van der Waals surface area (Å²) in [6.07, 6.45) is 2.89. The Hall–Kier alpha value is -1.63. The van der Waals surface area contributed by atoms with Gasteiger partial charge in [0.1, 0.15) is 0 Å². The molecule has 3 atom stereocenters. The van der Waals surface area contributed by atoms with Crippen molar-refractivity contribution in [2.45, 2.75) is 37.6 Å². The van der Waals surface area contributed by atoms with E-state index in [0.29, 0.717) is 12.1 Å². The summed E-state index contributed by atoms with van der Waals surface area (Å²) >= 11 is 0. The second kappa shape index (κ2) is 8.37. The number of hydrogen-bond acceptors (Lipinski definition) is 4. The Bertz CT molecular complexity index is 603. The van der Waals surface area contributed by atoms with Gasteiger partial charge in [-0.15, -0.1) is 0 Å². The van der Waals surface area contributed by atoms with Gasteiger partial charge in [0.15, 0.2) is 5.96 Å². The van der Waals surface area contributed by atoms with E-state index >= 15 is 0 Å². The first-order chi connectivity index (χ1) is 12.8. The molecule has 0 saturated carbocycles. The summed E-state index contributed by atoms with van der Waals surface area (Å²) in [5.74, 6) is 0.971. The van der Waals surface area contributed by atoms with Crippen molar-refractivity contribution >= 4 is 5.96 Å². The monoisotopic (exact) mass is 358 g/mol. The fourth-order valence-corrected chi connectivity index (χ4v) is 4.29. The summed E-state index contributed by atoms with van der Waals surface area (Å²) in [6, 6.07) is 11.1. The maximum Gasteiger partial charge on any atom is 0.193 e. The maximum absolute atomic E-state index is 6.08. The minimum absolute atomic E-state index is 0.258. The summed E-state index contributed by atoms with van der Waals surface area (Å²) in [7, 11) is 1.86. The van der Waals surface area contributed by atoms with E-state index in [1.165, 1.54) is 12.0 Å². The highest BCUT2D eigenvalue weighted by atomic mass is 16.5. The zero-order valence-corrected chi connectivity index (χ0v) is 15.6. The van der Waals surface area contributed by atoms with Crippen LogP contribution < -0.4 is 5.32 Å². The van der Waals surface area contributed by atoms with Crippen LogP contribution in [0.2, 0.25) is 0 Å². The van der Waals surface area contributed by atoms with Crippen LogP contribution in [0.3, 0.4) is 0 Å². The Kier molecular flexibility index (Phi) is 5.72. The summed E-state index contributed by atoms with van der Waals surface area (Å²) < 4.78 is 11.8. The molecule has 1 aromatic rings. The van der Waals surface area contributed by atoms with Crippen molar-refractivity contribution in [2.75, 3.05) is 46.4 Å². The number of benzene rings is 1. The third-order valence-electron chi connectivity index (χ3n) is 5.67. The third-order valence-corrected chi connectivity index (χ3v) is 5.67. The number of guanidine groups is 1. The van der Waals surface area contributed by atoms with Crippen molar-refractivity contribution in [2.24, 2.45) is 4.99 Å². The molecule has 3 fully saturated rings. The molecule has 0 radical (unpaired) electrons. The topological polar surface area (TPSA) is 49.3 Å². The quantitative estimate of drug-likeness (QED) is 0.650. The van der Waals surface area contributed by atoms with Gasteiger partial charge in [0, 0.05) is 46.4 Å². The van der Waals surface area contributed by atoms with Crippen molar-refractivity contribution in [1.82, 2.24) is 15.1 Å². The second-order valence-corrected chi connectivity index (χ2v) is 7.40. The van der Waals surface area contributed by atoms with E-state index in [-0.39, 0.29) is 6.10 Å². The zero-order valence-electron chi connectivity index (χ0n) is 15.6. The summed E-state index contributed by atoms with van der Waals surface area (Å²) in [5, 5.41) is 3.50. The largest absolute Gasteiger partial charge is 0.376 e. The van der Waals surface area contributed by atoms with Crippen LogP contribution in [0.25, 0.3) is 0 Å². The standard InChI is InChI=1S/C20H30N4O2/c1-21-20(22-12-17-8-5-10-25-17)24-14-18-19(15-24)26-11-9-23(18)13-16-6-3-2-4-7-16/h2-4,6-7,17-19H,5,8-15H2,1H3,(H,21,22). The molecule has 3 unspecified atom stereocenters. The Morgan fingerprint density at radius 3 is 2.85 bits per heavy atom. The van der Waals surface area contributed by atoms with E-state index in [9.17, 15) is 0 Å². The fraction of sp³-hybridized carbons (Fsp3) is 0.650. The number of ether oxygens (including phenoxy) is 2. The van der Waals surface area contributed by atoms with Gasteiger partial charge in [0.2, 0.25) is 0 Å². The lowest BCUT2D eigenvalue weighted by Crippen LogP contribution is -2.50. The predicted octanol–water partition coefficient (Wildman–Crippen LogP) is 1.33. The Labute approximate surface area is 156 Å². The van der Waals surface area contributed by atoms with E-state index in [1.807, 2.05) is 7.05 Å². The Morgan fingerprint density at radius 1 is 1.19 bits per heavy atom. The Balaban J connectivity index is 1.36. The number of rotatable bonds is 4. The van der Waals surface area contributed by atoms with Crippen LogP contribution in [0, 0.1) is 0 Å². The van der Waals surface area contributed by atoms with Gasteiger partial charge < -0.3 is 19.7 Å². The van der Waals surface area contributed by atoms with E-state index in [0.717, 1.165) is 58.3 Å². The van der Waals surface area contributed by atoms with Gasteiger partial charge in [0.05, 0.1) is 24.9 Å². The van der Waals surface area contributed by atoms with Crippen molar-refractivity contribution in [3.63, 3.8) is 0 Å². The van der Waals surface area contributed by atoms with E-state index < -0.39 is 0 Å². The van der Waals surface area contributed by atoms with Crippen LogP contribution in [-0.4, -0.2) is 80.4 Å². The van der Waals surface area contributed by atoms with Gasteiger partial charge in [-0.05, 0) is 18.4 Å². The molecule has 1 N–H and O–H groups in total. The first-order valence-corrected chi connectivity index (χ1v) is 9.80. The lowest BCUT2D eigenvalue weighted by molar-refractivity contribution is -0.0502. The number of aliphatic imine (C=N–C) groups is 1. The highest BCUT2D eigenvalue weighted by Crippen LogP contribution is 2.24. The van der Waals surface area contributed by atoms with Gasteiger partial charge in [-0.2, -0.15) is 0 Å². The molecule has 3 saturated heterocycles. The SMILES string of the molecule is CN=C(NCC1CCCO1)N1CC2OCCN(Cc3ccccc3)C2C1. The number of nitrogens with zero attached hydrogens (tertiary/aromatic N) is 3. The molecule has 3 aliphatic rings. The van der Waals surface area contributed by atoms with Gasteiger partial charge in [-0.3, -0.25) is 9.89 Å². The molecule has 6 nitrogen and oxygen atoms in total. The molecule has 4 rings (SSSR count). The highest BCUT2D eigenvalue weighted by Gasteiger charge is 2.41. The van der Waals surface area contributed by atoms with Crippen molar-refractivity contribution in [3.8, 4) is 0 Å². The molecule has 0 bridgehead atoms. The molecular weight excluding hydrogens is 328 g/mol. The first-order valence-electron chi connectivity index (χ1n) is 9.80. The molecule has 142 valence electrons. The zero-order chi connectivity index (χ0) is 17.8. The van der Waals surface area contributed by atoms with E-state index in [1.54, 1.807) is 0 Å². The van der Waals surface area contributed by atoms with Crippen LogP contribution in [-0.2, 0) is 16.0 Å². The van der Waals surface area contributed by atoms with Crippen molar-refractivity contribution in [1.29, 1.82) is 0 Å². The van der Waals surface area contributed by atoms with Gasteiger partial charge >= 0.3 is 0 Å². The first kappa shape index (κ1) is 17.8. The molecule has 0 amide bonds. The molecule has 0 aliphatic carbocycles. The minimum Gasteiger partial charge on any atom is -0.376 e. The van der Waals surface area contributed by atoms with Gasteiger partial charge in [-0.25, -0.2) is 0 Å². The molecule has 0 spiro atoms. The van der Waals surface area contributed by atoms with Gasteiger partial charge in [0.25, 0.3) is 0 Å². The predicted molar refractivity (Wildman–Crippen MR) is 102 cm³/mol. The molecule has 3 aliphatic heterocycles. The molecule has 0 aromatic heterocycles. The highest BCUT2D eigenvalue weighted by molar-refractivity contribution is 5.80. The maximum atomic E-state index is 6.08. The number of likely N-dealkylation sites (tertiary alicyclic amines) is 1. The van der Waals surface area contributed by atoms with Crippen LogP contribution in [0.15, 0.2) is 35.3 Å². The number of fused-ring (bicyclic) bond motifs is 1. The normalized spacial score (nSPS) is 29.8. The van der Waals surface area contributed by atoms with Crippen LogP contribution in [0.1, 0.15) is 18.4 Å².